The van der Waals surface area contributed by atoms with Crippen LogP contribution in [0, 0.1) is 18.7 Å². The summed E-state index contributed by atoms with van der Waals surface area (Å²) >= 11 is 0. The highest BCUT2D eigenvalue weighted by molar-refractivity contribution is 5.96. The van der Waals surface area contributed by atoms with E-state index in [0.29, 0.717) is 6.61 Å². The van der Waals surface area contributed by atoms with Crippen molar-refractivity contribution >= 4 is 22.5 Å². The maximum Gasteiger partial charge on any atom is 0.228 e. The number of aryl methyl sites for hydroxylation is 1. The van der Waals surface area contributed by atoms with Crippen LogP contribution in [-0.4, -0.2) is 17.5 Å². The average Bonchev–Trinajstić information content (AvgIpc) is 3.41. The summed E-state index contributed by atoms with van der Waals surface area (Å²) in [5.41, 5.74) is 4.33. The molecule has 1 fully saturated rings. The van der Waals surface area contributed by atoms with Gasteiger partial charge in [0, 0.05) is 28.9 Å². The number of H-pyrrole nitrogens is 1. The number of halogens is 1. The summed E-state index contributed by atoms with van der Waals surface area (Å²) in [6.45, 7) is 3.27. The van der Waals surface area contributed by atoms with Gasteiger partial charge in [0.05, 0.1) is 13.0 Å². The lowest BCUT2D eigenvalue weighted by Crippen LogP contribution is -2.15. The molecule has 1 aromatic heterocycles. The van der Waals surface area contributed by atoms with E-state index in [1.54, 1.807) is 6.07 Å². The van der Waals surface area contributed by atoms with Crippen molar-refractivity contribution in [2.75, 3.05) is 11.9 Å². The molecule has 2 N–H and O–H groups in total. The lowest BCUT2D eigenvalue weighted by molar-refractivity contribution is -0.115. The number of carbonyl (C=O) groups excluding carboxylic acids is 1. The van der Waals surface area contributed by atoms with E-state index in [9.17, 15) is 9.18 Å². The van der Waals surface area contributed by atoms with Crippen LogP contribution in [0.1, 0.15) is 29.7 Å². The van der Waals surface area contributed by atoms with Gasteiger partial charge in [0.1, 0.15) is 5.82 Å². The van der Waals surface area contributed by atoms with Gasteiger partial charge in [-0.3, -0.25) is 4.79 Å². The Kier molecular flexibility index (Phi) is 4.94. The molecule has 1 saturated carbocycles. The lowest BCUT2D eigenvalue weighted by atomic mass is 10.1. The van der Waals surface area contributed by atoms with Gasteiger partial charge in [-0.15, -0.1) is 0 Å². The molecule has 0 unspecified atom stereocenters. The van der Waals surface area contributed by atoms with Crippen molar-refractivity contribution in [3.8, 4) is 0 Å². The van der Waals surface area contributed by atoms with Crippen molar-refractivity contribution in [2.24, 2.45) is 5.92 Å². The minimum atomic E-state index is -0.304. The number of carbonyl (C=O) groups is 1. The third kappa shape index (κ3) is 4.37. The Balaban J connectivity index is 1.42. The molecule has 1 amide bonds. The van der Waals surface area contributed by atoms with Crippen molar-refractivity contribution < 1.29 is 13.9 Å². The van der Waals surface area contributed by atoms with Crippen molar-refractivity contribution in [1.82, 2.24) is 4.98 Å². The summed E-state index contributed by atoms with van der Waals surface area (Å²) in [5, 5.41) is 3.69. The van der Waals surface area contributed by atoms with Gasteiger partial charge in [-0.05, 0) is 67.1 Å². The number of aromatic amines is 1. The van der Waals surface area contributed by atoms with Crippen molar-refractivity contribution in [3.05, 3.63) is 65.1 Å². The highest BCUT2D eigenvalue weighted by atomic mass is 19.1. The Morgan fingerprint density at radius 2 is 2.11 bits per heavy atom. The number of hydrogen-bond acceptors (Lipinski definition) is 2. The molecule has 2 aromatic carbocycles. The molecule has 1 aliphatic rings. The number of fused-ring (bicyclic) bond motifs is 1. The van der Waals surface area contributed by atoms with E-state index in [0.717, 1.165) is 45.9 Å². The summed E-state index contributed by atoms with van der Waals surface area (Å²) in [4.78, 5) is 15.7. The Morgan fingerprint density at radius 3 is 2.93 bits per heavy atom. The number of rotatable bonds is 7. The third-order valence-electron chi connectivity index (χ3n) is 4.95. The molecule has 0 aliphatic heterocycles. The number of amides is 1. The second-order valence-electron chi connectivity index (χ2n) is 7.30. The van der Waals surface area contributed by atoms with Crippen molar-refractivity contribution in [1.29, 1.82) is 0 Å². The number of benzene rings is 2. The fraction of sp³-hybridized carbons (Fsp3) is 0.318. The molecule has 3 aromatic rings. The van der Waals surface area contributed by atoms with E-state index in [4.69, 9.17) is 4.74 Å². The first kappa shape index (κ1) is 17.7. The molecule has 0 atom stereocenters. The molecule has 4 nitrogen and oxygen atoms in total. The molecule has 1 heterocycles. The first-order valence-corrected chi connectivity index (χ1v) is 9.32. The largest absolute Gasteiger partial charge is 0.376 e. The maximum atomic E-state index is 13.6. The molecule has 0 spiro atoms. The van der Waals surface area contributed by atoms with E-state index < -0.39 is 0 Å². The second kappa shape index (κ2) is 7.53. The van der Waals surface area contributed by atoms with Gasteiger partial charge in [0.25, 0.3) is 0 Å². The predicted molar refractivity (Wildman–Crippen MR) is 104 cm³/mol. The van der Waals surface area contributed by atoms with Crippen LogP contribution in [0.5, 0.6) is 0 Å². The van der Waals surface area contributed by atoms with Crippen LogP contribution in [0.25, 0.3) is 10.9 Å². The van der Waals surface area contributed by atoms with E-state index in [-0.39, 0.29) is 18.1 Å². The number of nitrogens with one attached hydrogen (secondary N) is 2. The van der Waals surface area contributed by atoms with Crippen molar-refractivity contribution in [3.63, 3.8) is 0 Å². The van der Waals surface area contributed by atoms with E-state index in [1.165, 1.54) is 25.0 Å². The zero-order valence-corrected chi connectivity index (χ0v) is 15.3. The van der Waals surface area contributed by atoms with Crippen LogP contribution in [0.2, 0.25) is 0 Å². The second-order valence-corrected chi connectivity index (χ2v) is 7.30. The molecular formula is C22H23FN2O2. The van der Waals surface area contributed by atoms with Gasteiger partial charge >= 0.3 is 0 Å². The summed E-state index contributed by atoms with van der Waals surface area (Å²) < 4.78 is 19.3. The van der Waals surface area contributed by atoms with Gasteiger partial charge in [-0.1, -0.05) is 12.1 Å². The van der Waals surface area contributed by atoms with Crippen LogP contribution in [-0.2, 0) is 22.6 Å². The molecule has 0 bridgehead atoms. The smallest absolute Gasteiger partial charge is 0.228 e. The lowest BCUT2D eigenvalue weighted by Gasteiger charge is -2.08. The predicted octanol–water partition coefficient (Wildman–Crippen LogP) is 4.72. The van der Waals surface area contributed by atoms with Gasteiger partial charge < -0.3 is 15.0 Å². The van der Waals surface area contributed by atoms with Crippen molar-refractivity contribution in [2.45, 2.75) is 32.8 Å². The highest BCUT2D eigenvalue weighted by Crippen LogP contribution is 2.29. The minimum Gasteiger partial charge on any atom is -0.376 e. The van der Waals surface area contributed by atoms with Crippen LogP contribution < -0.4 is 5.32 Å². The Bertz CT molecular complexity index is 976. The van der Waals surface area contributed by atoms with E-state index in [2.05, 4.69) is 10.3 Å². The number of aromatic nitrogens is 1. The highest BCUT2D eigenvalue weighted by Gasteiger charge is 2.21. The topological polar surface area (TPSA) is 54.1 Å². The number of ether oxygens (including phenoxy) is 1. The average molecular weight is 366 g/mol. The normalized spacial score (nSPS) is 13.9. The summed E-state index contributed by atoms with van der Waals surface area (Å²) in [5.74, 6) is 0.304. The molecule has 1 aliphatic carbocycles. The van der Waals surface area contributed by atoms with Gasteiger partial charge in [0.2, 0.25) is 5.91 Å². The fourth-order valence-electron chi connectivity index (χ4n) is 3.31. The monoisotopic (exact) mass is 366 g/mol. The summed E-state index contributed by atoms with van der Waals surface area (Å²) in [6.07, 6.45) is 2.73. The van der Waals surface area contributed by atoms with Crippen LogP contribution >= 0.6 is 0 Å². The van der Waals surface area contributed by atoms with E-state index in [1.807, 2.05) is 31.2 Å². The van der Waals surface area contributed by atoms with E-state index >= 15 is 0 Å². The molecule has 0 saturated heterocycles. The molecular weight excluding hydrogens is 343 g/mol. The first-order chi connectivity index (χ1) is 13.1. The summed E-state index contributed by atoms with van der Waals surface area (Å²) in [6, 6.07) is 12.3. The van der Waals surface area contributed by atoms with Crippen LogP contribution in [0.4, 0.5) is 10.1 Å². The van der Waals surface area contributed by atoms with Gasteiger partial charge in [-0.25, -0.2) is 4.39 Å². The molecule has 4 rings (SSSR count). The third-order valence-corrected chi connectivity index (χ3v) is 4.95. The van der Waals surface area contributed by atoms with Gasteiger partial charge in [-0.2, -0.15) is 0 Å². The Hall–Kier alpha value is -2.66. The van der Waals surface area contributed by atoms with Gasteiger partial charge in [0.15, 0.2) is 0 Å². The zero-order valence-electron chi connectivity index (χ0n) is 15.3. The van der Waals surface area contributed by atoms with Crippen LogP contribution in [0.3, 0.4) is 0 Å². The SMILES string of the molecule is Cc1[nH]c2ccc(F)cc2c1CC(=O)Nc1cccc(COCC2CC2)c1. The number of hydrogen-bond donors (Lipinski definition) is 2. The first-order valence-electron chi connectivity index (χ1n) is 9.32. The fourth-order valence-corrected chi connectivity index (χ4v) is 3.31. The number of anilines is 1. The molecule has 5 heteroatoms. The molecule has 27 heavy (non-hydrogen) atoms. The molecule has 0 radical (unpaired) electrons. The molecule has 140 valence electrons. The zero-order chi connectivity index (χ0) is 18.8. The minimum absolute atomic E-state index is 0.126. The van der Waals surface area contributed by atoms with Crippen LogP contribution in [0.15, 0.2) is 42.5 Å². The maximum absolute atomic E-state index is 13.6. The standard InChI is InChI=1S/C22H23FN2O2/c1-14-19(20-10-17(23)7-8-21(20)24-14)11-22(26)25-18-4-2-3-16(9-18)13-27-12-15-5-6-15/h2-4,7-10,15,24H,5-6,11-13H2,1H3,(H,25,26). The quantitative estimate of drug-likeness (QED) is 0.635. The summed E-state index contributed by atoms with van der Waals surface area (Å²) in [7, 11) is 0. The Labute approximate surface area is 157 Å². The Morgan fingerprint density at radius 1 is 1.26 bits per heavy atom.